The highest BCUT2D eigenvalue weighted by Crippen LogP contribution is 2.42. The molecule has 1 aliphatic heterocycles. The summed E-state index contributed by atoms with van der Waals surface area (Å²) < 4.78 is 1.99. The molecular formula is C23H24N4O2. The van der Waals surface area contributed by atoms with E-state index in [9.17, 15) is 9.90 Å². The number of fused-ring (bicyclic) bond motifs is 1. The van der Waals surface area contributed by atoms with Crippen LogP contribution in [0.3, 0.4) is 0 Å². The lowest BCUT2D eigenvalue weighted by Crippen LogP contribution is -2.49. The number of hydrogen-bond donors (Lipinski definition) is 1. The summed E-state index contributed by atoms with van der Waals surface area (Å²) in [5, 5.41) is 10.2. The molecule has 2 aliphatic rings. The van der Waals surface area contributed by atoms with E-state index < -0.39 is 5.60 Å². The third-order valence-electron chi connectivity index (χ3n) is 6.06. The van der Waals surface area contributed by atoms with E-state index >= 15 is 0 Å². The van der Waals surface area contributed by atoms with Gasteiger partial charge in [0.25, 0.3) is 5.91 Å². The fraction of sp³-hybridized carbons (Fsp3) is 0.304. The highest BCUT2D eigenvalue weighted by molar-refractivity contribution is 5.94. The van der Waals surface area contributed by atoms with Gasteiger partial charge in [0.05, 0.1) is 0 Å². The Labute approximate surface area is 169 Å². The summed E-state index contributed by atoms with van der Waals surface area (Å²) in [5.41, 5.74) is 3.88. The Hall–Kier alpha value is -3.12. The summed E-state index contributed by atoms with van der Waals surface area (Å²) in [6, 6.07) is 11.8. The molecule has 148 valence electrons. The second-order valence-corrected chi connectivity index (χ2v) is 7.95. The van der Waals surface area contributed by atoms with Gasteiger partial charge in [-0.15, -0.1) is 0 Å². The number of rotatable bonds is 4. The van der Waals surface area contributed by atoms with Gasteiger partial charge in [0.2, 0.25) is 0 Å². The van der Waals surface area contributed by atoms with Gasteiger partial charge in [-0.2, -0.15) is 0 Å². The minimum Gasteiger partial charge on any atom is -0.384 e. The van der Waals surface area contributed by atoms with Gasteiger partial charge in [-0.1, -0.05) is 18.7 Å². The van der Waals surface area contributed by atoms with E-state index in [-0.39, 0.29) is 5.91 Å². The van der Waals surface area contributed by atoms with Crippen LogP contribution in [-0.4, -0.2) is 62.0 Å². The Kier molecular flexibility index (Phi) is 4.17. The molecule has 2 aromatic heterocycles. The third-order valence-corrected chi connectivity index (χ3v) is 6.06. The molecule has 0 radical (unpaired) electrons. The molecule has 29 heavy (non-hydrogen) atoms. The highest BCUT2D eigenvalue weighted by atomic mass is 16.3. The molecule has 1 saturated carbocycles. The van der Waals surface area contributed by atoms with Crippen LogP contribution >= 0.6 is 0 Å². The molecule has 1 aromatic carbocycles. The van der Waals surface area contributed by atoms with Crippen molar-refractivity contribution in [3.63, 3.8) is 0 Å². The van der Waals surface area contributed by atoms with Crippen molar-refractivity contribution >= 4 is 11.6 Å². The van der Waals surface area contributed by atoms with E-state index in [4.69, 9.17) is 0 Å². The van der Waals surface area contributed by atoms with Gasteiger partial charge in [0.15, 0.2) is 0 Å². The Morgan fingerprint density at radius 3 is 2.31 bits per heavy atom. The molecule has 5 rings (SSSR count). The predicted molar refractivity (Wildman–Crippen MR) is 111 cm³/mol. The molecule has 2 fully saturated rings. The quantitative estimate of drug-likeness (QED) is 0.747. The molecule has 0 bridgehead atoms. The lowest BCUT2D eigenvalue weighted by molar-refractivity contribution is 0.0622. The van der Waals surface area contributed by atoms with Crippen LogP contribution in [0.2, 0.25) is 0 Å². The third kappa shape index (κ3) is 3.29. The zero-order valence-electron chi connectivity index (χ0n) is 16.3. The molecule has 0 atom stereocenters. The largest absolute Gasteiger partial charge is 0.384 e. The highest BCUT2D eigenvalue weighted by Gasteiger charge is 2.45. The molecule has 0 unspecified atom stereocenters. The fourth-order valence-electron chi connectivity index (χ4n) is 3.96. The zero-order chi connectivity index (χ0) is 20.0. The second-order valence-electron chi connectivity index (χ2n) is 7.95. The van der Waals surface area contributed by atoms with Gasteiger partial charge in [-0.25, -0.2) is 4.98 Å². The Balaban J connectivity index is 1.25. The van der Waals surface area contributed by atoms with Gasteiger partial charge in [-0.3, -0.25) is 4.79 Å². The number of carbonyl (C=O) groups excluding carboxylic acids is 1. The molecule has 3 heterocycles. The average molecular weight is 388 g/mol. The normalized spacial score (nSPS) is 18.1. The monoisotopic (exact) mass is 388 g/mol. The fourth-order valence-corrected chi connectivity index (χ4v) is 3.96. The maximum Gasteiger partial charge on any atom is 0.253 e. The lowest BCUT2D eigenvalue weighted by Gasteiger charge is -2.38. The van der Waals surface area contributed by atoms with E-state index in [0.29, 0.717) is 18.7 Å². The molecule has 6 nitrogen and oxygen atoms in total. The summed E-state index contributed by atoms with van der Waals surface area (Å²) in [6.45, 7) is 6.79. The summed E-state index contributed by atoms with van der Waals surface area (Å²) >= 11 is 0. The SMILES string of the molecule is C=C(N1CCN(C(=O)c2ccc(-c3ccc4nccn4c3)cc2)CC1)C1(O)CC1. The first kappa shape index (κ1) is 17.9. The Morgan fingerprint density at radius 2 is 1.62 bits per heavy atom. The Morgan fingerprint density at radius 1 is 0.966 bits per heavy atom. The number of nitrogens with zero attached hydrogens (tertiary/aromatic N) is 4. The maximum atomic E-state index is 12.9. The number of pyridine rings is 1. The van der Waals surface area contributed by atoms with Crippen LogP contribution in [0.1, 0.15) is 23.2 Å². The maximum absolute atomic E-state index is 12.9. The smallest absolute Gasteiger partial charge is 0.253 e. The van der Waals surface area contributed by atoms with Gasteiger partial charge in [0, 0.05) is 56.0 Å². The van der Waals surface area contributed by atoms with E-state index in [1.165, 1.54) is 0 Å². The number of benzene rings is 1. The number of carbonyl (C=O) groups is 1. The van der Waals surface area contributed by atoms with Crippen LogP contribution in [0.25, 0.3) is 16.8 Å². The molecule has 1 amide bonds. The molecule has 1 saturated heterocycles. The van der Waals surface area contributed by atoms with Crippen molar-refractivity contribution in [2.24, 2.45) is 0 Å². The van der Waals surface area contributed by atoms with Crippen LogP contribution in [0.15, 0.2) is 67.3 Å². The number of hydrogen-bond acceptors (Lipinski definition) is 4. The molecule has 6 heteroatoms. The second kappa shape index (κ2) is 6.74. The standard InChI is InChI=1S/C23H24N4O2/c1-17(23(29)8-9-23)25-12-14-26(15-13-25)22(28)19-4-2-18(3-5-19)20-6-7-21-24-10-11-27(21)16-20/h2-7,10-11,16,29H,1,8-9,12-15H2. The van der Waals surface area contributed by atoms with Crippen molar-refractivity contribution in [2.75, 3.05) is 26.2 Å². The first-order valence-electron chi connectivity index (χ1n) is 10.0. The summed E-state index contributed by atoms with van der Waals surface area (Å²) in [7, 11) is 0. The molecular weight excluding hydrogens is 364 g/mol. The van der Waals surface area contributed by atoms with Gasteiger partial charge in [-0.05, 0) is 48.2 Å². The number of imidazole rings is 1. The van der Waals surface area contributed by atoms with Gasteiger partial charge >= 0.3 is 0 Å². The average Bonchev–Trinajstić information content (AvgIpc) is 3.34. The van der Waals surface area contributed by atoms with Crippen molar-refractivity contribution in [3.05, 3.63) is 72.8 Å². The van der Waals surface area contributed by atoms with Crippen molar-refractivity contribution in [1.82, 2.24) is 19.2 Å². The number of piperazine rings is 1. The van der Waals surface area contributed by atoms with Crippen molar-refractivity contribution in [3.8, 4) is 11.1 Å². The summed E-state index contributed by atoms with van der Waals surface area (Å²) in [5.74, 6) is 0.0528. The molecule has 3 aromatic rings. The molecule has 0 spiro atoms. The minimum absolute atomic E-state index is 0.0528. The van der Waals surface area contributed by atoms with Crippen LogP contribution in [0, 0.1) is 0 Å². The topological polar surface area (TPSA) is 61.1 Å². The Bertz CT molecular complexity index is 1070. The van der Waals surface area contributed by atoms with E-state index in [1.54, 1.807) is 6.20 Å². The minimum atomic E-state index is -0.693. The van der Waals surface area contributed by atoms with Gasteiger partial charge < -0.3 is 19.3 Å². The number of amides is 1. The van der Waals surface area contributed by atoms with Crippen LogP contribution in [0.4, 0.5) is 0 Å². The molecule has 1 aliphatic carbocycles. The number of aliphatic hydroxyl groups is 1. The van der Waals surface area contributed by atoms with Crippen molar-refractivity contribution in [1.29, 1.82) is 0 Å². The van der Waals surface area contributed by atoms with E-state index in [0.717, 1.165) is 48.4 Å². The first-order chi connectivity index (χ1) is 14.0. The van der Waals surface area contributed by atoms with E-state index in [1.807, 2.05) is 58.1 Å². The first-order valence-corrected chi connectivity index (χ1v) is 10.0. The van der Waals surface area contributed by atoms with Crippen molar-refractivity contribution < 1.29 is 9.90 Å². The van der Waals surface area contributed by atoms with Crippen molar-refractivity contribution in [2.45, 2.75) is 18.4 Å². The molecule has 1 N–H and O–H groups in total. The van der Waals surface area contributed by atoms with Crippen LogP contribution < -0.4 is 0 Å². The van der Waals surface area contributed by atoms with E-state index in [2.05, 4.69) is 16.5 Å². The van der Waals surface area contributed by atoms with Crippen LogP contribution in [-0.2, 0) is 0 Å². The zero-order valence-corrected chi connectivity index (χ0v) is 16.3. The summed E-state index contributed by atoms with van der Waals surface area (Å²) in [4.78, 5) is 21.2. The van der Waals surface area contributed by atoms with Gasteiger partial charge in [0.1, 0.15) is 11.2 Å². The number of aromatic nitrogens is 2. The summed E-state index contributed by atoms with van der Waals surface area (Å²) in [6.07, 6.45) is 7.34. The lowest BCUT2D eigenvalue weighted by atomic mass is 10.0. The predicted octanol–water partition coefficient (Wildman–Crippen LogP) is 2.80. The van der Waals surface area contributed by atoms with Crippen LogP contribution in [0.5, 0.6) is 0 Å².